The molecule has 0 aromatic heterocycles. The van der Waals surface area contributed by atoms with Gasteiger partial charge in [0.2, 0.25) is 0 Å². The number of rotatable bonds is 5. The number of phenols is 4. The molecule has 0 amide bonds. The van der Waals surface area contributed by atoms with Gasteiger partial charge in [-0.1, -0.05) is 109 Å². The molecule has 8 aromatic rings. The molecule has 0 aliphatic heterocycles. The Morgan fingerprint density at radius 2 is 0.899 bits per heavy atom. The zero-order chi connectivity index (χ0) is 47.7. The molecule has 8 heteroatoms. The molecular formula is C61H54N4O4. The smallest absolute Gasteiger partial charge is 0.138 e. The lowest BCUT2D eigenvalue weighted by molar-refractivity contribution is -0.0281. The van der Waals surface area contributed by atoms with E-state index in [2.05, 4.69) is 60.4 Å². The molecule has 4 fully saturated rings. The first-order valence-electron chi connectivity index (χ1n) is 23.6. The maximum atomic E-state index is 10.5. The highest BCUT2D eigenvalue weighted by molar-refractivity contribution is 5.91. The number of anilines is 4. The van der Waals surface area contributed by atoms with E-state index in [-0.39, 0.29) is 45.2 Å². The van der Waals surface area contributed by atoms with Crippen LogP contribution >= 0.6 is 0 Å². The molecule has 0 heterocycles. The average Bonchev–Trinajstić information content (AvgIpc) is 3.65. The minimum Gasteiger partial charge on any atom is -0.506 e. The van der Waals surface area contributed by atoms with Crippen LogP contribution in [0.5, 0.6) is 23.0 Å². The molecular weight excluding hydrogens is 853 g/mol. The van der Waals surface area contributed by atoms with E-state index in [4.69, 9.17) is 22.9 Å². The lowest BCUT2D eigenvalue weighted by atomic mass is 9.41. The summed E-state index contributed by atoms with van der Waals surface area (Å²) in [4.78, 5) is 0. The van der Waals surface area contributed by atoms with Gasteiger partial charge in [0.1, 0.15) is 23.0 Å². The van der Waals surface area contributed by atoms with Crippen molar-refractivity contribution in [2.24, 2.45) is 11.8 Å². The Hall–Kier alpha value is -8.28. The van der Waals surface area contributed by atoms with E-state index < -0.39 is 5.41 Å². The second-order valence-electron chi connectivity index (χ2n) is 19.8. The molecule has 69 heavy (non-hydrogen) atoms. The number of hydrogen-bond acceptors (Lipinski definition) is 8. The van der Waals surface area contributed by atoms with Crippen molar-refractivity contribution in [1.29, 1.82) is 0 Å². The van der Waals surface area contributed by atoms with Crippen LogP contribution < -0.4 is 22.9 Å². The lowest BCUT2D eigenvalue weighted by Crippen LogP contribution is -2.55. The fourth-order valence-corrected chi connectivity index (χ4v) is 13.0. The van der Waals surface area contributed by atoms with Crippen LogP contribution in [0.4, 0.5) is 22.7 Å². The van der Waals surface area contributed by atoms with E-state index in [9.17, 15) is 20.4 Å². The Balaban J connectivity index is 0.000000170. The number of fused-ring (bicyclic) bond motifs is 3. The first-order valence-corrected chi connectivity index (χ1v) is 23.6. The zero-order valence-electron chi connectivity index (χ0n) is 38.2. The molecule has 12 N–H and O–H groups in total. The van der Waals surface area contributed by atoms with Crippen LogP contribution in [0.15, 0.2) is 170 Å². The van der Waals surface area contributed by atoms with Crippen molar-refractivity contribution in [3.05, 3.63) is 214 Å². The third kappa shape index (κ3) is 7.24. The SMILES string of the molecule is Nc1cc(C2(c3ccc(O)c(N)c3)c3cc(-c4ccccc4)ccc3-c3cccc(C#Cc4ccccc4)c32)ccc1O.Nc1cc(C23CC4CC(C2)CC(c2ccc(O)c(N)c2)(C4)C3)ccc1O. The monoisotopic (exact) mass is 906 g/mol. The van der Waals surface area contributed by atoms with Crippen molar-refractivity contribution in [2.75, 3.05) is 22.9 Å². The van der Waals surface area contributed by atoms with Gasteiger partial charge in [-0.2, -0.15) is 0 Å². The zero-order valence-corrected chi connectivity index (χ0v) is 38.2. The number of phenolic OH excluding ortho intramolecular Hbond substituents is 4. The summed E-state index contributed by atoms with van der Waals surface area (Å²) in [6.07, 6.45) is 7.27. The molecule has 0 atom stereocenters. The summed E-state index contributed by atoms with van der Waals surface area (Å²) in [5.41, 5.74) is 38.0. The Kier molecular flexibility index (Phi) is 10.4. The Bertz CT molecular complexity index is 3240. The van der Waals surface area contributed by atoms with E-state index in [1.54, 1.807) is 24.3 Å². The predicted molar refractivity (Wildman–Crippen MR) is 277 cm³/mol. The van der Waals surface area contributed by atoms with Crippen LogP contribution in [0.2, 0.25) is 0 Å². The van der Waals surface area contributed by atoms with Gasteiger partial charge in [0.15, 0.2) is 0 Å². The van der Waals surface area contributed by atoms with Crippen LogP contribution in [-0.4, -0.2) is 20.4 Å². The number of benzene rings is 8. The maximum Gasteiger partial charge on any atom is 0.138 e. The van der Waals surface area contributed by atoms with Gasteiger partial charge >= 0.3 is 0 Å². The van der Waals surface area contributed by atoms with Gasteiger partial charge in [-0.05, 0) is 190 Å². The minimum absolute atomic E-state index is 0.0118. The highest BCUT2D eigenvalue weighted by Crippen LogP contribution is 2.67. The fourth-order valence-electron chi connectivity index (χ4n) is 13.0. The topological polar surface area (TPSA) is 185 Å². The third-order valence-corrected chi connectivity index (χ3v) is 15.6. The predicted octanol–water partition coefficient (Wildman–Crippen LogP) is 11.7. The molecule has 8 aromatic carbocycles. The minimum atomic E-state index is -0.916. The first kappa shape index (κ1) is 43.3. The van der Waals surface area contributed by atoms with Gasteiger partial charge in [0, 0.05) is 11.1 Å². The van der Waals surface area contributed by atoms with Crippen LogP contribution in [0, 0.1) is 23.7 Å². The summed E-state index contributed by atoms with van der Waals surface area (Å²) >= 11 is 0. The maximum absolute atomic E-state index is 10.5. The summed E-state index contributed by atoms with van der Waals surface area (Å²) in [7, 11) is 0. The third-order valence-electron chi connectivity index (χ3n) is 15.6. The fraction of sp³-hybridized carbons (Fsp3) is 0.180. The van der Waals surface area contributed by atoms with Crippen LogP contribution in [0.25, 0.3) is 22.3 Å². The Morgan fingerprint density at radius 3 is 1.41 bits per heavy atom. The van der Waals surface area contributed by atoms with Gasteiger partial charge in [0.05, 0.1) is 28.2 Å². The molecule has 0 spiro atoms. The molecule has 5 aliphatic carbocycles. The number of nitrogens with two attached hydrogens (primary N) is 4. The number of nitrogen functional groups attached to an aromatic ring is 4. The normalized spacial score (nSPS) is 21.0. The van der Waals surface area contributed by atoms with Crippen molar-refractivity contribution >= 4 is 22.7 Å². The summed E-state index contributed by atoms with van der Waals surface area (Å²) in [5, 5.41) is 40.6. The van der Waals surface area contributed by atoms with Gasteiger partial charge in [-0.3, -0.25) is 0 Å². The van der Waals surface area contributed by atoms with Crippen molar-refractivity contribution in [3.8, 4) is 57.1 Å². The summed E-state index contributed by atoms with van der Waals surface area (Å²) in [6, 6.07) is 55.2. The van der Waals surface area contributed by atoms with Gasteiger partial charge in [-0.25, -0.2) is 0 Å². The average molecular weight is 907 g/mol. The molecule has 5 aliphatic rings. The summed E-state index contributed by atoms with van der Waals surface area (Å²) in [5.74, 6) is 8.64. The molecule has 4 saturated carbocycles. The lowest BCUT2D eigenvalue weighted by Gasteiger charge is -2.63. The van der Waals surface area contributed by atoms with E-state index in [0.29, 0.717) is 11.4 Å². The molecule has 8 nitrogen and oxygen atoms in total. The van der Waals surface area contributed by atoms with Gasteiger partial charge in [0.25, 0.3) is 0 Å². The van der Waals surface area contributed by atoms with Crippen molar-refractivity contribution in [3.63, 3.8) is 0 Å². The molecule has 4 bridgehead atoms. The molecule has 13 rings (SSSR count). The van der Waals surface area contributed by atoms with Crippen LogP contribution in [-0.2, 0) is 16.2 Å². The first-order chi connectivity index (χ1) is 33.4. The molecule has 342 valence electrons. The summed E-state index contributed by atoms with van der Waals surface area (Å²) < 4.78 is 0. The van der Waals surface area contributed by atoms with E-state index in [1.165, 1.54) is 43.2 Å². The molecule has 0 unspecified atom stereocenters. The summed E-state index contributed by atoms with van der Waals surface area (Å²) in [6.45, 7) is 0. The molecule has 0 radical (unpaired) electrons. The van der Waals surface area contributed by atoms with E-state index >= 15 is 0 Å². The van der Waals surface area contributed by atoms with E-state index in [0.717, 1.165) is 73.9 Å². The van der Waals surface area contributed by atoms with Crippen molar-refractivity contribution in [1.82, 2.24) is 0 Å². The number of aromatic hydroxyl groups is 4. The largest absolute Gasteiger partial charge is 0.506 e. The quantitative estimate of drug-likeness (QED) is 0.0476. The second-order valence-corrected chi connectivity index (χ2v) is 19.8. The Labute approximate surface area is 402 Å². The van der Waals surface area contributed by atoms with Gasteiger partial charge < -0.3 is 43.4 Å². The van der Waals surface area contributed by atoms with Crippen LogP contribution in [0.1, 0.15) is 83.0 Å². The molecule has 0 saturated heterocycles. The highest BCUT2D eigenvalue weighted by Gasteiger charge is 2.59. The van der Waals surface area contributed by atoms with Gasteiger partial charge in [-0.15, -0.1) is 0 Å². The highest BCUT2D eigenvalue weighted by atomic mass is 16.3. The standard InChI is InChI=1S/C39H28N2O2.C22H26N2O2/c40-34-23-29(17-20-36(34)42)39(30-18-21-37(43)35(41)24-30)33-22-28(26-10-5-2-6-11-26)16-19-31(33)32-13-7-12-27(38(32)39)15-14-25-8-3-1-4-9-25;23-17-6-15(1-3-19(17)25)21-8-13-5-14(9-21)11-22(10-13,12-21)16-2-4-20(26)18(24)7-16/h1-13,16-24,42-43H,40-41H2;1-4,6-7,13-14,25-26H,5,8-12,23-24H2. The Morgan fingerprint density at radius 1 is 0.420 bits per heavy atom. The second kappa shape index (κ2) is 16.5. The number of hydrogen-bond donors (Lipinski definition) is 8. The van der Waals surface area contributed by atoms with Crippen LogP contribution in [0.3, 0.4) is 0 Å². The van der Waals surface area contributed by atoms with E-state index in [1.807, 2.05) is 97.1 Å². The van der Waals surface area contributed by atoms with Crippen molar-refractivity contribution in [2.45, 2.75) is 54.8 Å². The van der Waals surface area contributed by atoms with Crippen molar-refractivity contribution < 1.29 is 20.4 Å².